The molecule has 0 saturated heterocycles. The van der Waals surface area contributed by atoms with Gasteiger partial charge in [0.2, 0.25) is 0 Å². The van der Waals surface area contributed by atoms with Gasteiger partial charge in [0, 0.05) is 0 Å². The van der Waals surface area contributed by atoms with Crippen LogP contribution in [0.4, 0.5) is 0 Å². The molecule has 0 amide bonds. The van der Waals surface area contributed by atoms with E-state index in [9.17, 15) is 16.8 Å². The van der Waals surface area contributed by atoms with Crippen LogP contribution < -0.4 is 0 Å². The normalized spacial score (nSPS) is 12.3. The van der Waals surface area contributed by atoms with Crippen molar-refractivity contribution in [3.8, 4) is 6.07 Å². The van der Waals surface area contributed by atoms with E-state index in [0.29, 0.717) is 0 Å². The fraction of sp³-hybridized carbons (Fsp3) is 0.462. The van der Waals surface area contributed by atoms with Gasteiger partial charge in [-0.3, -0.25) is 0 Å². The molecule has 0 saturated carbocycles. The molecule has 7 heteroatoms. The van der Waals surface area contributed by atoms with Gasteiger partial charge in [-0.05, 0) is 24.1 Å². The van der Waals surface area contributed by atoms with Gasteiger partial charge in [0.1, 0.15) is 0 Å². The average Bonchev–Trinajstić information content (AvgIpc) is 2.35. The van der Waals surface area contributed by atoms with Crippen LogP contribution in [-0.4, -0.2) is 34.1 Å². The number of rotatable bonds is 6. The van der Waals surface area contributed by atoms with Gasteiger partial charge in [-0.1, -0.05) is 19.9 Å². The lowest BCUT2D eigenvalue weighted by Gasteiger charge is -2.08. The molecule has 0 aromatic heterocycles. The minimum Gasteiger partial charge on any atom is -0.229 e. The smallest absolute Gasteiger partial charge is 0.179 e. The zero-order valence-corrected chi connectivity index (χ0v) is 13.0. The molecule has 0 N–H and O–H groups in total. The lowest BCUT2D eigenvalue weighted by atomic mass is 10.2. The number of benzene rings is 1. The maximum absolute atomic E-state index is 12.1. The molecule has 0 bridgehead atoms. The second-order valence-corrected chi connectivity index (χ2v) is 9.30. The number of nitrogens with zero attached hydrogens (tertiary/aromatic N) is 1. The van der Waals surface area contributed by atoms with E-state index in [4.69, 9.17) is 5.26 Å². The van der Waals surface area contributed by atoms with Crippen LogP contribution in [0.5, 0.6) is 0 Å². The van der Waals surface area contributed by atoms with Crippen molar-refractivity contribution in [3.05, 3.63) is 29.8 Å². The molecule has 0 spiro atoms. The average molecular weight is 315 g/mol. The Morgan fingerprint density at radius 2 is 1.80 bits per heavy atom. The van der Waals surface area contributed by atoms with Crippen molar-refractivity contribution in [1.29, 1.82) is 5.26 Å². The Balaban J connectivity index is 2.89. The Bertz CT molecular complexity index is 713. The Kier molecular flexibility index (Phi) is 5.31. The summed E-state index contributed by atoms with van der Waals surface area (Å²) in [6, 6.07) is 7.44. The van der Waals surface area contributed by atoms with E-state index in [2.05, 4.69) is 0 Å². The highest BCUT2D eigenvalue weighted by Crippen LogP contribution is 2.14. The van der Waals surface area contributed by atoms with Crippen LogP contribution in [0.15, 0.2) is 29.2 Å². The zero-order valence-electron chi connectivity index (χ0n) is 11.4. The molecule has 1 aromatic carbocycles. The summed E-state index contributed by atoms with van der Waals surface area (Å²) in [5, 5.41) is 8.75. The summed E-state index contributed by atoms with van der Waals surface area (Å²) in [6.45, 7) is 3.53. The zero-order chi connectivity index (χ0) is 15.4. The Morgan fingerprint density at radius 1 is 1.15 bits per heavy atom. The molecule has 5 nitrogen and oxygen atoms in total. The third kappa shape index (κ3) is 4.94. The number of nitriles is 1. The van der Waals surface area contributed by atoms with Crippen molar-refractivity contribution in [2.24, 2.45) is 5.92 Å². The van der Waals surface area contributed by atoms with Crippen molar-refractivity contribution >= 4 is 19.7 Å². The topological polar surface area (TPSA) is 92.1 Å². The van der Waals surface area contributed by atoms with Crippen molar-refractivity contribution in [2.45, 2.75) is 18.7 Å². The van der Waals surface area contributed by atoms with Gasteiger partial charge in [-0.2, -0.15) is 5.26 Å². The molecule has 0 radical (unpaired) electrons. The molecule has 0 fully saturated rings. The maximum Gasteiger partial charge on any atom is 0.179 e. The monoisotopic (exact) mass is 315 g/mol. The third-order valence-electron chi connectivity index (χ3n) is 2.57. The molecule has 1 aromatic rings. The molecule has 110 valence electrons. The van der Waals surface area contributed by atoms with E-state index in [0.717, 1.165) is 0 Å². The van der Waals surface area contributed by atoms with Crippen LogP contribution in [0.1, 0.15) is 19.4 Å². The molecule has 0 aliphatic rings. The second-order valence-electron chi connectivity index (χ2n) is 4.97. The quantitative estimate of drug-likeness (QED) is 0.791. The van der Waals surface area contributed by atoms with Gasteiger partial charge in [0.25, 0.3) is 0 Å². The molecule has 1 rings (SSSR count). The van der Waals surface area contributed by atoms with Crippen molar-refractivity contribution in [2.75, 3.05) is 17.3 Å². The van der Waals surface area contributed by atoms with E-state index in [-0.39, 0.29) is 22.1 Å². The molecule has 0 atom stereocenters. The SMILES string of the molecule is CC(C)CS(=O)(=O)CCS(=O)(=O)c1cccc(C#N)c1. The fourth-order valence-corrected chi connectivity index (χ4v) is 5.61. The highest BCUT2D eigenvalue weighted by atomic mass is 32.2. The molecule has 0 aliphatic carbocycles. The van der Waals surface area contributed by atoms with Gasteiger partial charge >= 0.3 is 0 Å². The lowest BCUT2D eigenvalue weighted by molar-refractivity contribution is 0.578. The summed E-state index contributed by atoms with van der Waals surface area (Å²) in [6.07, 6.45) is 0. The van der Waals surface area contributed by atoms with E-state index >= 15 is 0 Å². The van der Waals surface area contributed by atoms with E-state index in [1.165, 1.54) is 24.3 Å². The van der Waals surface area contributed by atoms with E-state index in [1.807, 2.05) is 6.07 Å². The Morgan fingerprint density at radius 3 is 2.35 bits per heavy atom. The predicted octanol–water partition coefficient (Wildman–Crippen LogP) is 1.40. The van der Waals surface area contributed by atoms with Crippen molar-refractivity contribution < 1.29 is 16.8 Å². The minimum absolute atomic E-state index is 0.0173. The summed E-state index contributed by atoms with van der Waals surface area (Å²) in [5.41, 5.74) is 0.233. The molecule has 0 unspecified atom stereocenters. The first-order chi connectivity index (χ1) is 9.16. The maximum atomic E-state index is 12.1. The van der Waals surface area contributed by atoms with Gasteiger partial charge in [-0.15, -0.1) is 0 Å². The van der Waals surface area contributed by atoms with Gasteiger partial charge in [0.15, 0.2) is 19.7 Å². The van der Waals surface area contributed by atoms with E-state index < -0.39 is 31.2 Å². The van der Waals surface area contributed by atoms with Crippen molar-refractivity contribution in [3.63, 3.8) is 0 Å². The summed E-state index contributed by atoms with van der Waals surface area (Å²) >= 11 is 0. The van der Waals surface area contributed by atoms with Crippen LogP contribution in [0.25, 0.3) is 0 Å². The third-order valence-corrected chi connectivity index (χ3v) is 6.55. The molecule has 20 heavy (non-hydrogen) atoms. The van der Waals surface area contributed by atoms with Gasteiger partial charge < -0.3 is 0 Å². The highest BCUT2D eigenvalue weighted by Gasteiger charge is 2.21. The van der Waals surface area contributed by atoms with Crippen LogP contribution in [0.2, 0.25) is 0 Å². The second kappa shape index (κ2) is 6.37. The largest absolute Gasteiger partial charge is 0.229 e. The van der Waals surface area contributed by atoms with Crippen LogP contribution in [0.3, 0.4) is 0 Å². The summed E-state index contributed by atoms with van der Waals surface area (Å²) in [4.78, 5) is -0.0173. The molecular formula is C13H17NO4S2. The van der Waals surface area contributed by atoms with Gasteiger partial charge in [0.05, 0.1) is 33.8 Å². The first-order valence-electron chi connectivity index (χ1n) is 6.09. The molecule has 0 aliphatic heterocycles. The molecule has 0 heterocycles. The predicted molar refractivity (Wildman–Crippen MR) is 76.7 cm³/mol. The van der Waals surface area contributed by atoms with Crippen LogP contribution >= 0.6 is 0 Å². The van der Waals surface area contributed by atoms with Crippen molar-refractivity contribution in [1.82, 2.24) is 0 Å². The standard InChI is InChI=1S/C13H17NO4S2/c1-11(2)10-19(15,16)6-7-20(17,18)13-5-3-4-12(8-13)9-14/h3-5,8,11H,6-7,10H2,1-2H3. The first-order valence-corrected chi connectivity index (χ1v) is 9.57. The minimum atomic E-state index is -3.69. The lowest BCUT2D eigenvalue weighted by Crippen LogP contribution is -2.22. The fourth-order valence-electron chi connectivity index (χ4n) is 1.70. The highest BCUT2D eigenvalue weighted by molar-refractivity contribution is 7.95. The van der Waals surface area contributed by atoms with E-state index in [1.54, 1.807) is 13.8 Å². The first kappa shape index (κ1) is 16.7. The number of hydrogen-bond acceptors (Lipinski definition) is 5. The number of hydrogen-bond donors (Lipinski definition) is 0. The summed E-state index contributed by atoms with van der Waals surface area (Å²) < 4.78 is 47.6. The Hall–Kier alpha value is -1.39. The summed E-state index contributed by atoms with van der Waals surface area (Å²) in [7, 11) is -7.07. The van der Waals surface area contributed by atoms with Gasteiger partial charge in [-0.25, -0.2) is 16.8 Å². The molecular weight excluding hydrogens is 298 g/mol. The number of sulfone groups is 2. The van der Waals surface area contributed by atoms with Crippen LogP contribution in [0, 0.1) is 17.2 Å². The van der Waals surface area contributed by atoms with Crippen LogP contribution in [-0.2, 0) is 19.7 Å². The Labute approximate surface area is 120 Å². The summed E-state index contributed by atoms with van der Waals surface area (Å²) in [5.74, 6) is -0.924.